The van der Waals surface area contributed by atoms with Gasteiger partial charge >= 0.3 is 7.75 Å². The van der Waals surface area contributed by atoms with Gasteiger partial charge in [-0.05, 0) is 77.2 Å². The second-order valence-corrected chi connectivity index (χ2v) is 9.08. The average Bonchev–Trinajstić information content (AvgIpc) is 2.65. The van der Waals surface area contributed by atoms with E-state index in [0.717, 1.165) is 8.24 Å². The van der Waals surface area contributed by atoms with Gasteiger partial charge in [0.1, 0.15) is 11.5 Å². The van der Waals surface area contributed by atoms with Crippen molar-refractivity contribution in [3.05, 3.63) is 87.0 Å². The Morgan fingerprint density at radius 3 is 2.41 bits per heavy atom. The van der Waals surface area contributed by atoms with Crippen LogP contribution in [0, 0.1) is 3.57 Å². The molecule has 0 spiro atoms. The molecule has 1 heterocycles. The van der Waals surface area contributed by atoms with Crippen molar-refractivity contribution in [2.24, 2.45) is 0 Å². The Labute approximate surface area is 174 Å². The first-order valence-electron chi connectivity index (χ1n) is 7.91. The summed E-state index contributed by atoms with van der Waals surface area (Å²) in [7, 11) is -4.05. The maximum atomic E-state index is 13.7. The lowest BCUT2D eigenvalue weighted by Crippen LogP contribution is -2.36. The Balaban J connectivity index is 1.85. The number of hydrogen-bond donors (Lipinski definition) is 0. The van der Waals surface area contributed by atoms with Gasteiger partial charge in [0.2, 0.25) is 0 Å². The molecule has 3 aromatic rings. The molecule has 8 heteroatoms. The number of fused-ring (bicyclic) bond motifs is 1. The topological polar surface area (TPSA) is 55.8 Å². The minimum absolute atomic E-state index is 0.172. The molecule has 0 N–H and O–H groups in total. The van der Waals surface area contributed by atoms with Crippen molar-refractivity contribution in [2.45, 2.75) is 0 Å². The molecule has 4 rings (SSSR count). The zero-order valence-electron chi connectivity index (χ0n) is 13.7. The molecule has 136 valence electrons. The van der Waals surface area contributed by atoms with Gasteiger partial charge in [-0.15, -0.1) is 0 Å². The average molecular weight is 512 g/mol. The number of benzene rings is 3. The highest BCUT2D eigenvalue weighted by Crippen LogP contribution is 2.58. The highest BCUT2D eigenvalue weighted by Gasteiger charge is 2.47. The predicted molar refractivity (Wildman–Crippen MR) is 113 cm³/mol. The minimum Gasteiger partial charge on any atom is -0.400 e. The van der Waals surface area contributed by atoms with E-state index in [1.165, 1.54) is 12.1 Å². The molecule has 0 aromatic heterocycles. The summed E-state index contributed by atoms with van der Waals surface area (Å²) in [6, 6.07) is 20.2. The van der Waals surface area contributed by atoms with Crippen LogP contribution in [-0.4, -0.2) is 5.91 Å². The summed E-state index contributed by atoms with van der Waals surface area (Å²) >= 11 is 8.18. The second kappa shape index (κ2) is 7.19. The Bertz CT molecular complexity index is 1060. The van der Waals surface area contributed by atoms with Gasteiger partial charge in [0, 0.05) is 8.59 Å². The molecule has 1 unspecified atom stereocenters. The van der Waals surface area contributed by atoms with Crippen molar-refractivity contribution >= 4 is 53.5 Å². The maximum absolute atomic E-state index is 13.7. The number of hydrogen-bond acceptors (Lipinski definition) is 4. The first-order valence-corrected chi connectivity index (χ1v) is 10.9. The fourth-order valence-electron chi connectivity index (χ4n) is 2.65. The lowest BCUT2D eigenvalue weighted by molar-refractivity contribution is 0.0990. The SMILES string of the molecule is O=C1c2cc(Cl)ccc2OP(=O)(Oc2ccccc2)N1c1ccc(I)cc1. The zero-order chi connectivity index (χ0) is 19.0. The van der Waals surface area contributed by atoms with Gasteiger partial charge in [-0.3, -0.25) is 4.79 Å². The molecule has 0 saturated heterocycles. The number of halogens is 2. The van der Waals surface area contributed by atoms with E-state index < -0.39 is 13.7 Å². The molecular formula is C19H12ClINO4P. The number of carbonyl (C=O) groups is 1. The van der Waals surface area contributed by atoms with Crippen molar-refractivity contribution in [2.75, 3.05) is 4.67 Å². The molecule has 0 radical (unpaired) electrons. The summed E-state index contributed by atoms with van der Waals surface area (Å²) in [5, 5.41) is 0.383. The number of carbonyl (C=O) groups excluding carboxylic acids is 1. The number of anilines is 1. The van der Waals surface area contributed by atoms with Crippen molar-refractivity contribution in [1.29, 1.82) is 0 Å². The van der Waals surface area contributed by atoms with E-state index in [0.29, 0.717) is 16.5 Å². The third-order valence-electron chi connectivity index (χ3n) is 3.86. The van der Waals surface area contributed by atoms with Gasteiger partial charge in [0.15, 0.2) is 0 Å². The fourth-order valence-corrected chi connectivity index (χ4v) is 4.93. The number of amides is 1. The minimum atomic E-state index is -4.05. The van der Waals surface area contributed by atoms with E-state index in [2.05, 4.69) is 22.6 Å². The van der Waals surface area contributed by atoms with Crippen molar-refractivity contribution in [3.8, 4) is 11.5 Å². The molecule has 1 amide bonds. The highest BCUT2D eigenvalue weighted by molar-refractivity contribution is 14.1. The van der Waals surface area contributed by atoms with Crippen molar-refractivity contribution in [3.63, 3.8) is 0 Å². The molecule has 1 aliphatic rings. The Morgan fingerprint density at radius 2 is 1.70 bits per heavy atom. The second-order valence-electron chi connectivity index (χ2n) is 5.70. The fraction of sp³-hybridized carbons (Fsp3) is 0. The van der Waals surface area contributed by atoms with E-state index in [1.54, 1.807) is 42.5 Å². The quantitative estimate of drug-likeness (QED) is 0.312. The Morgan fingerprint density at radius 1 is 1.00 bits per heavy atom. The van der Waals surface area contributed by atoms with E-state index >= 15 is 0 Å². The van der Waals surface area contributed by atoms with Crippen LogP contribution in [0.5, 0.6) is 11.5 Å². The third-order valence-corrected chi connectivity index (χ3v) is 6.58. The standard InChI is InChI=1S/C19H12ClINO4P/c20-13-6-11-18-17(12-13)19(23)22(15-9-7-14(21)8-10-15)27(24,26-18)25-16-4-2-1-3-5-16/h1-12H. The van der Waals surface area contributed by atoms with Gasteiger partial charge in [-0.2, -0.15) is 4.67 Å². The van der Waals surface area contributed by atoms with Crippen molar-refractivity contribution < 1.29 is 18.4 Å². The molecule has 0 aliphatic carbocycles. The molecule has 1 atom stereocenters. The first kappa shape index (κ1) is 18.3. The normalized spacial score (nSPS) is 18.6. The van der Waals surface area contributed by atoms with Crippen LogP contribution in [0.1, 0.15) is 10.4 Å². The van der Waals surface area contributed by atoms with Gasteiger partial charge in [0.25, 0.3) is 5.91 Å². The smallest absolute Gasteiger partial charge is 0.400 e. The van der Waals surface area contributed by atoms with Crippen LogP contribution in [0.15, 0.2) is 72.8 Å². The van der Waals surface area contributed by atoms with Crippen LogP contribution < -0.4 is 13.7 Å². The Hall–Kier alpha value is -2.02. The molecule has 0 saturated carbocycles. The predicted octanol–water partition coefficient (Wildman–Crippen LogP) is 6.17. The van der Waals surface area contributed by atoms with Crippen LogP contribution in [0.3, 0.4) is 0 Å². The molecule has 0 bridgehead atoms. The lowest BCUT2D eigenvalue weighted by atomic mass is 10.2. The number of rotatable bonds is 3. The first-order chi connectivity index (χ1) is 13.0. The number of para-hydroxylation sites is 1. The van der Waals surface area contributed by atoms with Gasteiger partial charge in [-0.25, -0.2) is 4.57 Å². The summed E-state index contributed by atoms with van der Waals surface area (Å²) < 4.78 is 27.2. The molecule has 1 aliphatic heterocycles. The molecule has 27 heavy (non-hydrogen) atoms. The van der Waals surface area contributed by atoms with E-state index in [9.17, 15) is 9.36 Å². The molecule has 3 aromatic carbocycles. The lowest BCUT2D eigenvalue weighted by Gasteiger charge is -2.34. The van der Waals surface area contributed by atoms with Gasteiger partial charge in [-0.1, -0.05) is 29.8 Å². The highest BCUT2D eigenvalue weighted by atomic mass is 127. The summed E-state index contributed by atoms with van der Waals surface area (Å²) in [4.78, 5) is 13.2. The molecule has 5 nitrogen and oxygen atoms in total. The summed E-state index contributed by atoms with van der Waals surface area (Å²) in [5.41, 5.74) is 0.634. The van der Waals surface area contributed by atoms with Crippen LogP contribution in [-0.2, 0) is 4.57 Å². The maximum Gasteiger partial charge on any atom is 0.551 e. The Kier molecular flexibility index (Phi) is 4.88. The van der Waals surface area contributed by atoms with Gasteiger partial charge in [0.05, 0.1) is 11.3 Å². The third kappa shape index (κ3) is 3.57. The van der Waals surface area contributed by atoms with Crippen LogP contribution >= 0.6 is 41.9 Å². The van der Waals surface area contributed by atoms with Crippen LogP contribution in [0.4, 0.5) is 5.69 Å². The summed E-state index contributed by atoms with van der Waals surface area (Å²) in [6.45, 7) is 0. The summed E-state index contributed by atoms with van der Waals surface area (Å²) in [5.74, 6) is 0.00575. The summed E-state index contributed by atoms with van der Waals surface area (Å²) in [6.07, 6.45) is 0. The zero-order valence-corrected chi connectivity index (χ0v) is 17.5. The van der Waals surface area contributed by atoms with E-state index in [4.69, 9.17) is 20.6 Å². The van der Waals surface area contributed by atoms with Crippen LogP contribution in [0.25, 0.3) is 0 Å². The largest absolute Gasteiger partial charge is 0.551 e. The van der Waals surface area contributed by atoms with E-state index in [1.807, 2.05) is 18.2 Å². The van der Waals surface area contributed by atoms with Crippen molar-refractivity contribution in [1.82, 2.24) is 0 Å². The van der Waals surface area contributed by atoms with Gasteiger partial charge < -0.3 is 9.05 Å². The van der Waals surface area contributed by atoms with E-state index in [-0.39, 0.29) is 11.3 Å². The molecule has 0 fully saturated rings. The molecular weight excluding hydrogens is 500 g/mol. The monoisotopic (exact) mass is 511 g/mol. The van der Waals surface area contributed by atoms with Crippen LogP contribution in [0.2, 0.25) is 5.02 Å². The number of nitrogens with zero attached hydrogens (tertiary/aromatic N) is 1.